The molecule has 4 rings (SSSR count). The Morgan fingerprint density at radius 3 is 2.59 bits per heavy atom. The number of hydrogen-bond acceptors (Lipinski definition) is 5. The quantitative estimate of drug-likeness (QED) is 0.563. The van der Waals surface area contributed by atoms with Crippen LogP contribution in [0, 0.1) is 6.92 Å². The van der Waals surface area contributed by atoms with Crippen LogP contribution in [0.4, 0.5) is 11.4 Å². The Morgan fingerprint density at radius 1 is 1.00 bits per heavy atom. The van der Waals surface area contributed by atoms with E-state index < -0.39 is 18.5 Å². The summed E-state index contributed by atoms with van der Waals surface area (Å²) in [6.07, 6.45) is 0.929. The van der Waals surface area contributed by atoms with Crippen molar-refractivity contribution in [1.82, 2.24) is 0 Å². The van der Waals surface area contributed by atoms with Crippen molar-refractivity contribution in [3.63, 3.8) is 0 Å². The van der Waals surface area contributed by atoms with Crippen LogP contribution in [0.15, 0.2) is 66.7 Å². The number of anilines is 2. The molecule has 3 aromatic carbocycles. The molecule has 1 heterocycles. The molecule has 2 amide bonds. The molecule has 2 N–H and O–H groups in total. The summed E-state index contributed by atoms with van der Waals surface area (Å²) in [5, 5.41) is 5.48. The molecule has 0 saturated heterocycles. The molecule has 0 bridgehead atoms. The van der Waals surface area contributed by atoms with Gasteiger partial charge in [0.25, 0.3) is 5.91 Å². The van der Waals surface area contributed by atoms with E-state index in [-0.39, 0.29) is 5.91 Å². The first kappa shape index (κ1) is 21.1. The molecule has 0 unspecified atom stereocenters. The van der Waals surface area contributed by atoms with Crippen LogP contribution in [0.25, 0.3) is 0 Å². The van der Waals surface area contributed by atoms with E-state index in [1.54, 1.807) is 42.5 Å². The van der Waals surface area contributed by atoms with Gasteiger partial charge in [0.05, 0.1) is 11.3 Å². The van der Waals surface area contributed by atoms with Crippen LogP contribution >= 0.6 is 0 Å². The van der Waals surface area contributed by atoms with Crippen molar-refractivity contribution in [2.24, 2.45) is 0 Å². The number of para-hydroxylation sites is 2. The minimum absolute atomic E-state index is 0.0452. The predicted octanol–water partition coefficient (Wildman–Crippen LogP) is 4.47. The number of ether oxygens (including phenoxy) is 2. The molecule has 0 aromatic heterocycles. The van der Waals surface area contributed by atoms with E-state index in [1.807, 2.05) is 31.2 Å². The summed E-state index contributed by atoms with van der Waals surface area (Å²) in [6.45, 7) is 1.55. The molecule has 0 spiro atoms. The molecule has 3 aromatic rings. The predicted molar refractivity (Wildman–Crippen MR) is 120 cm³/mol. The van der Waals surface area contributed by atoms with Crippen molar-refractivity contribution in [1.29, 1.82) is 0 Å². The fourth-order valence-electron chi connectivity index (χ4n) is 3.30. The van der Waals surface area contributed by atoms with Gasteiger partial charge in [-0.2, -0.15) is 0 Å². The second-order valence-corrected chi connectivity index (χ2v) is 7.46. The standard InChI is InChI=1S/C25H22N2O5/c1-16-6-10-19(11-7-16)32-22-5-3-2-4-21(22)27-24(29)15-31-25(30)18-8-12-20-17(14-18)9-13-23(28)26-20/h2-8,10-12,14H,9,13,15H2,1H3,(H,26,28)(H,27,29). The summed E-state index contributed by atoms with van der Waals surface area (Å²) in [5.74, 6) is -0.0104. The molecule has 162 valence electrons. The highest BCUT2D eigenvalue weighted by Gasteiger charge is 2.18. The van der Waals surface area contributed by atoms with Crippen molar-refractivity contribution in [2.45, 2.75) is 19.8 Å². The minimum atomic E-state index is -0.607. The molecule has 0 radical (unpaired) electrons. The fraction of sp³-hybridized carbons (Fsp3) is 0.160. The van der Waals surface area contributed by atoms with Gasteiger partial charge in [0.1, 0.15) is 5.75 Å². The molecule has 7 nitrogen and oxygen atoms in total. The fourth-order valence-corrected chi connectivity index (χ4v) is 3.30. The van der Waals surface area contributed by atoms with E-state index in [9.17, 15) is 14.4 Å². The summed E-state index contributed by atoms with van der Waals surface area (Å²) in [4.78, 5) is 36.2. The van der Waals surface area contributed by atoms with E-state index >= 15 is 0 Å². The highest BCUT2D eigenvalue weighted by atomic mass is 16.5. The molecular formula is C25H22N2O5. The third-order valence-electron chi connectivity index (χ3n) is 4.98. The highest BCUT2D eigenvalue weighted by molar-refractivity contribution is 5.98. The average Bonchev–Trinajstić information content (AvgIpc) is 2.80. The van der Waals surface area contributed by atoms with Gasteiger partial charge in [-0.3, -0.25) is 9.59 Å². The number of aryl methyl sites for hydroxylation is 2. The van der Waals surface area contributed by atoms with E-state index in [1.165, 1.54) is 0 Å². The van der Waals surface area contributed by atoms with Crippen LogP contribution in [0.2, 0.25) is 0 Å². The second kappa shape index (κ2) is 9.34. The van der Waals surface area contributed by atoms with Crippen molar-refractivity contribution in [2.75, 3.05) is 17.2 Å². The smallest absolute Gasteiger partial charge is 0.338 e. The molecule has 0 atom stereocenters. The van der Waals surface area contributed by atoms with E-state index in [4.69, 9.17) is 9.47 Å². The summed E-state index contributed by atoms with van der Waals surface area (Å²) in [5.41, 5.74) is 3.48. The lowest BCUT2D eigenvalue weighted by molar-refractivity contribution is -0.119. The zero-order chi connectivity index (χ0) is 22.5. The Balaban J connectivity index is 1.36. The zero-order valence-electron chi connectivity index (χ0n) is 17.5. The third-order valence-corrected chi connectivity index (χ3v) is 4.98. The van der Waals surface area contributed by atoms with Crippen LogP contribution < -0.4 is 15.4 Å². The SMILES string of the molecule is Cc1ccc(Oc2ccccc2NC(=O)COC(=O)c2ccc3c(c2)CCC(=O)N3)cc1. The molecule has 32 heavy (non-hydrogen) atoms. The maximum atomic E-state index is 12.4. The Labute approximate surface area is 185 Å². The second-order valence-electron chi connectivity index (χ2n) is 7.46. The monoisotopic (exact) mass is 430 g/mol. The van der Waals surface area contributed by atoms with Crippen molar-refractivity contribution in [3.8, 4) is 11.5 Å². The molecule has 1 aliphatic heterocycles. The van der Waals surface area contributed by atoms with Gasteiger partial charge in [-0.25, -0.2) is 4.79 Å². The number of esters is 1. The van der Waals surface area contributed by atoms with Crippen LogP contribution in [-0.2, 0) is 20.7 Å². The average molecular weight is 430 g/mol. The van der Waals surface area contributed by atoms with Crippen LogP contribution in [0.5, 0.6) is 11.5 Å². The maximum absolute atomic E-state index is 12.4. The largest absolute Gasteiger partial charge is 0.455 e. The maximum Gasteiger partial charge on any atom is 0.338 e. The Hall–Kier alpha value is -4.13. The van der Waals surface area contributed by atoms with E-state index in [2.05, 4.69) is 10.6 Å². The molecule has 0 saturated carbocycles. The summed E-state index contributed by atoms with van der Waals surface area (Å²) in [6, 6.07) is 19.5. The summed E-state index contributed by atoms with van der Waals surface area (Å²) in [7, 11) is 0. The number of amides is 2. The molecular weight excluding hydrogens is 408 g/mol. The van der Waals surface area contributed by atoms with E-state index in [0.717, 1.165) is 11.1 Å². The highest BCUT2D eigenvalue weighted by Crippen LogP contribution is 2.29. The number of nitrogens with one attached hydrogen (secondary N) is 2. The van der Waals surface area contributed by atoms with Crippen molar-refractivity contribution < 1.29 is 23.9 Å². The number of carbonyl (C=O) groups excluding carboxylic acids is 3. The van der Waals surface area contributed by atoms with Gasteiger partial charge >= 0.3 is 5.97 Å². The number of hydrogen-bond donors (Lipinski definition) is 2. The Bertz CT molecular complexity index is 1170. The van der Waals surface area contributed by atoms with Crippen molar-refractivity contribution in [3.05, 3.63) is 83.4 Å². The molecule has 0 aliphatic carbocycles. The number of fused-ring (bicyclic) bond motifs is 1. The van der Waals surface area contributed by atoms with Gasteiger partial charge in [0, 0.05) is 12.1 Å². The van der Waals surface area contributed by atoms with Gasteiger partial charge in [-0.1, -0.05) is 29.8 Å². The lowest BCUT2D eigenvalue weighted by Crippen LogP contribution is -2.22. The topological polar surface area (TPSA) is 93.7 Å². The number of carbonyl (C=O) groups is 3. The van der Waals surface area contributed by atoms with Gasteiger partial charge in [-0.05, 0) is 61.4 Å². The van der Waals surface area contributed by atoms with Gasteiger partial charge in [0.2, 0.25) is 5.91 Å². The van der Waals surface area contributed by atoms with Crippen LogP contribution in [-0.4, -0.2) is 24.4 Å². The molecule has 1 aliphatic rings. The minimum Gasteiger partial charge on any atom is -0.455 e. The van der Waals surface area contributed by atoms with Gasteiger partial charge in [0.15, 0.2) is 12.4 Å². The third kappa shape index (κ3) is 5.13. The Morgan fingerprint density at radius 2 is 1.78 bits per heavy atom. The first-order valence-corrected chi connectivity index (χ1v) is 10.2. The normalized spacial score (nSPS) is 12.3. The van der Waals surface area contributed by atoms with Crippen LogP contribution in [0.3, 0.4) is 0 Å². The van der Waals surface area contributed by atoms with Gasteiger partial charge < -0.3 is 20.1 Å². The van der Waals surface area contributed by atoms with Crippen molar-refractivity contribution >= 4 is 29.2 Å². The zero-order valence-corrected chi connectivity index (χ0v) is 17.5. The molecule has 0 fully saturated rings. The number of rotatable bonds is 6. The Kier molecular flexibility index (Phi) is 6.17. The van der Waals surface area contributed by atoms with Gasteiger partial charge in [-0.15, -0.1) is 0 Å². The summed E-state index contributed by atoms with van der Waals surface area (Å²) < 4.78 is 11.0. The summed E-state index contributed by atoms with van der Waals surface area (Å²) >= 11 is 0. The lowest BCUT2D eigenvalue weighted by Gasteiger charge is -2.17. The first-order chi connectivity index (χ1) is 15.5. The van der Waals surface area contributed by atoms with Crippen LogP contribution in [0.1, 0.15) is 27.9 Å². The van der Waals surface area contributed by atoms with E-state index in [0.29, 0.717) is 41.3 Å². The molecule has 7 heteroatoms. The lowest BCUT2D eigenvalue weighted by atomic mass is 10.0. The number of benzene rings is 3. The first-order valence-electron chi connectivity index (χ1n) is 10.2.